The van der Waals surface area contributed by atoms with Crippen molar-refractivity contribution in [3.05, 3.63) is 23.3 Å². The molecule has 0 aliphatic heterocycles. The Morgan fingerprint density at radius 3 is 2.36 bits per heavy atom. The first-order valence-corrected chi connectivity index (χ1v) is 10.5. The molecule has 0 aromatic carbocycles. The normalized spacial score (nSPS) is 14.6. The van der Waals surface area contributed by atoms with Crippen molar-refractivity contribution in [3.8, 4) is 0 Å². The van der Waals surface area contributed by atoms with Gasteiger partial charge >= 0.3 is 15.6 Å². The summed E-state index contributed by atoms with van der Waals surface area (Å²) in [6.07, 6.45) is 7.79. The van der Waals surface area contributed by atoms with Gasteiger partial charge in [-0.2, -0.15) is 0 Å². The lowest BCUT2D eigenvalue weighted by Gasteiger charge is -2.07. The van der Waals surface area contributed by atoms with E-state index in [0.717, 1.165) is 19.3 Å². The van der Waals surface area contributed by atoms with Crippen molar-refractivity contribution in [2.75, 3.05) is 6.61 Å². The van der Waals surface area contributed by atoms with Gasteiger partial charge in [0, 0.05) is 6.42 Å². The molecule has 0 saturated heterocycles. The molecule has 0 aliphatic carbocycles. The molecule has 0 heterocycles. The van der Waals surface area contributed by atoms with Crippen LogP contribution in [0.1, 0.15) is 59.8 Å². The van der Waals surface area contributed by atoms with Crippen LogP contribution in [0.2, 0.25) is 0 Å². The highest BCUT2D eigenvalue weighted by Gasteiger charge is 2.46. The van der Waals surface area contributed by atoms with Crippen molar-refractivity contribution in [2.45, 2.75) is 65.2 Å². The monoisotopic (exact) mass is 351 g/mol. The average molecular weight is 351 g/mol. The van der Waals surface area contributed by atoms with Gasteiger partial charge in [0.1, 0.15) is 0 Å². The molecule has 2 atom stereocenters. The molecule has 0 saturated carbocycles. The van der Waals surface area contributed by atoms with Crippen molar-refractivity contribution in [3.63, 3.8) is 0 Å². The van der Waals surface area contributed by atoms with Crippen molar-refractivity contribution >= 4 is 15.6 Å². The van der Waals surface area contributed by atoms with Crippen molar-refractivity contribution in [1.29, 1.82) is 0 Å². The zero-order chi connectivity index (χ0) is 17.2. The lowest BCUT2D eigenvalue weighted by Crippen LogP contribution is -2.05. The Bertz CT molecular complexity index is 447. The van der Waals surface area contributed by atoms with Crippen LogP contribution in [0.5, 0.6) is 0 Å². The molecule has 0 fully saturated rings. The topological polar surface area (TPSA) is 83.8 Å². The molecule has 0 aromatic rings. The lowest BCUT2D eigenvalue weighted by molar-refractivity contribution is 0.332. The highest BCUT2D eigenvalue weighted by atomic mass is 31.2. The first-order valence-electron chi connectivity index (χ1n) is 7.62. The van der Waals surface area contributed by atoms with E-state index in [1.165, 1.54) is 11.1 Å². The lowest BCUT2D eigenvalue weighted by atomic mass is 10.1. The average Bonchev–Trinajstić information content (AvgIpc) is 2.36. The Hall–Kier alpha value is -0.310. The molecule has 22 heavy (non-hydrogen) atoms. The molecule has 0 aliphatic rings. The maximum absolute atomic E-state index is 11.7. The van der Waals surface area contributed by atoms with Gasteiger partial charge in [-0.1, -0.05) is 23.3 Å². The van der Waals surface area contributed by atoms with Crippen LogP contribution in [0.25, 0.3) is 0 Å². The predicted octanol–water partition coefficient (Wildman–Crippen LogP) is 5.13. The van der Waals surface area contributed by atoms with Gasteiger partial charge in [0.05, 0.1) is 6.61 Å². The summed E-state index contributed by atoms with van der Waals surface area (Å²) in [6, 6.07) is 0. The van der Waals surface area contributed by atoms with E-state index in [9.17, 15) is 18.9 Å². The van der Waals surface area contributed by atoms with Gasteiger partial charge in [0.25, 0.3) is 5.40 Å². The standard InChI is InChI=1S/C15H28O5P2/c1-5-20-21(16)15(22(17,18)19)12-7-6-10-14(4)11-8-9-13(2)3/h9-10,15H,5-8,11-12H2,1-4H3,(H-,17,18,19)/p+1/b14-10+. The van der Waals surface area contributed by atoms with Crippen molar-refractivity contribution in [2.24, 2.45) is 0 Å². The van der Waals surface area contributed by atoms with Gasteiger partial charge in [-0.15, -0.1) is 4.52 Å². The van der Waals surface area contributed by atoms with E-state index < -0.39 is 21.0 Å². The minimum Gasteiger partial charge on any atom is -0.321 e. The Morgan fingerprint density at radius 2 is 1.86 bits per heavy atom. The summed E-state index contributed by atoms with van der Waals surface area (Å²) in [6.45, 7) is 8.04. The third-order valence-electron chi connectivity index (χ3n) is 3.14. The van der Waals surface area contributed by atoms with E-state index in [2.05, 4.69) is 32.9 Å². The Kier molecular flexibility index (Phi) is 11.1. The second-order valence-corrected chi connectivity index (χ2v) is 9.24. The zero-order valence-electron chi connectivity index (χ0n) is 14.0. The van der Waals surface area contributed by atoms with Crippen LogP contribution in [-0.2, 0) is 13.7 Å². The van der Waals surface area contributed by atoms with Crippen LogP contribution < -0.4 is 0 Å². The first kappa shape index (κ1) is 21.7. The number of rotatable bonds is 11. The Balaban J connectivity index is 4.31. The minimum absolute atomic E-state index is 0.190. The molecule has 0 amide bonds. The fourth-order valence-corrected chi connectivity index (χ4v) is 4.47. The van der Waals surface area contributed by atoms with Gasteiger partial charge in [0.15, 0.2) is 0 Å². The van der Waals surface area contributed by atoms with Gasteiger partial charge in [0.2, 0.25) is 0 Å². The van der Waals surface area contributed by atoms with Crippen LogP contribution in [0.4, 0.5) is 0 Å². The van der Waals surface area contributed by atoms with E-state index in [4.69, 9.17) is 4.52 Å². The summed E-state index contributed by atoms with van der Waals surface area (Å²) in [5.74, 6) is 0. The number of unbranched alkanes of at least 4 members (excludes halogenated alkanes) is 1. The Morgan fingerprint density at radius 1 is 1.23 bits per heavy atom. The molecule has 5 nitrogen and oxygen atoms in total. The second-order valence-electron chi connectivity index (χ2n) is 5.57. The van der Waals surface area contributed by atoms with Crippen molar-refractivity contribution < 1.29 is 23.4 Å². The molecule has 2 unspecified atom stereocenters. The highest BCUT2D eigenvalue weighted by Crippen LogP contribution is 2.55. The van der Waals surface area contributed by atoms with E-state index in [0.29, 0.717) is 6.42 Å². The third kappa shape index (κ3) is 10.4. The highest BCUT2D eigenvalue weighted by molar-refractivity contribution is 7.65. The van der Waals surface area contributed by atoms with Crippen LogP contribution in [0.3, 0.4) is 0 Å². The van der Waals surface area contributed by atoms with Crippen LogP contribution in [0, 0.1) is 0 Å². The van der Waals surface area contributed by atoms with Crippen molar-refractivity contribution in [1.82, 2.24) is 0 Å². The largest absolute Gasteiger partial charge is 0.524 e. The van der Waals surface area contributed by atoms with Crippen LogP contribution in [-0.4, -0.2) is 21.8 Å². The van der Waals surface area contributed by atoms with E-state index in [-0.39, 0.29) is 13.0 Å². The van der Waals surface area contributed by atoms with Crippen LogP contribution in [0.15, 0.2) is 23.3 Å². The maximum Gasteiger partial charge on any atom is 0.524 e. The first-order chi connectivity index (χ1) is 10.2. The zero-order valence-corrected chi connectivity index (χ0v) is 15.8. The van der Waals surface area contributed by atoms with E-state index in [1.807, 2.05) is 0 Å². The Labute approximate surface area is 134 Å². The molecular formula is C15H29O5P2+. The fraction of sp³-hybridized carbons (Fsp3) is 0.733. The molecule has 128 valence electrons. The number of hydrogen-bond acceptors (Lipinski definition) is 3. The van der Waals surface area contributed by atoms with Gasteiger partial charge in [-0.05, 0) is 57.9 Å². The second kappa shape index (κ2) is 11.3. The molecule has 0 aromatic heterocycles. The van der Waals surface area contributed by atoms with Gasteiger partial charge in [-0.25, -0.2) is 0 Å². The smallest absolute Gasteiger partial charge is 0.321 e. The van der Waals surface area contributed by atoms with E-state index in [1.54, 1.807) is 6.92 Å². The molecule has 0 bridgehead atoms. The summed E-state index contributed by atoms with van der Waals surface area (Å²) in [5, 5.41) is -1.19. The molecule has 0 rings (SSSR count). The molecule has 7 heteroatoms. The summed E-state index contributed by atoms with van der Waals surface area (Å²) < 4.78 is 28.0. The van der Waals surface area contributed by atoms with Gasteiger partial charge in [-0.3, -0.25) is 4.57 Å². The molecular weight excluding hydrogens is 322 g/mol. The minimum atomic E-state index is -4.39. The molecule has 2 N–H and O–H groups in total. The maximum atomic E-state index is 11.7. The quantitative estimate of drug-likeness (QED) is 0.306. The predicted molar refractivity (Wildman–Crippen MR) is 91.3 cm³/mol. The van der Waals surface area contributed by atoms with E-state index >= 15 is 0 Å². The summed E-state index contributed by atoms with van der Waals surface area (Å²) in [5.41, 5.74) is 2.57. The number of allylic oxidation sites excluding steroid dienone is 4. The summed E-state index contributed by atoms with van der Waals surface area (Å²) >= 11 is 0. The number of hydrogen-bond donors (Lipinski definition) is 2. The summed E-state index contributed by atoms with van der Waals surface area (Å²) in [4.78, 5) is 18.6. The SMILES string of the molecule is CCO[P+](=O)C(CCC/C=C(\C)CCC=C(C)C)P(=O)(O)O. The van der Waals surface area contributed by atoms with Crippen LogP contribution >= 0.6 is 15.6 Å². The molecule has 0 spiro atoms. The molecule has 0 radical (unpaired) electrons. The fourth-order valence-electron chi connectivity index (χ4n) is 1.95. The third-order valence-corrected chi connectivity index (χ3v) is 6.90. The van der Waals surface area contributed by atoms with Gasteiger partial charge < -0.3 is 9.79 Å². The summed E-state index contributed by atoms with van der Waals surface area (Å²) in [7, 11) is -6.71.